The molecular formula is C13H28BNO2. The van der Waals surface area contributed by atoms with Gasteiger partial charge in [-0.3, -0.25) is 0 Å². The Morgan fingerprint density at radius 1 is 1.24 bits per heavy atom. The number of likely N-dealkylation sites (tertiary alicyclic amines) is 1. The van der Waals surface area contributed by atoms with Crippen molar-refractivity contribution >= 4 is 7.12 Å². The minimum Gasteiger partial charge on any atom is -0.423 e. The van der Waals surface area contributed by atoms with Gasteiger partial charge in [0.25, 0.3) is 0 Å². The molecule has 0 spiro atoms. The number of hydrogen-bond acceptors (Lipinski definition) is 3. The second kappa shape index (κ2) is 9.69. The van der Waals surface area contributed by atoms with Gasteiger partial charge in [-0.2, -0.15) is 0 Å². The normalized spacial score (nSPS) is 21.1. The maximum atomic E-state index is 9.50. The summed E-state index contributed by atoms with van der Waals surface area (Å²) in [6.07, 6.45) is 4.35. The van der Waals surface area contributed by atoms with Gasteiger partial charge in [-0.05, 0) is 44.4 Å². The smallest absolute Gasteiger partial charge is 0.423 e. The van der Waals surface area contributed by atoms with Gasteiger partial charge in [-0.1, -0.05) is 33.8 Å². The first-order chi connectivity index (χ1) is 8.27. The molecule has 0 aromatic rings. The van der Waals surface area contributed by atoms with Crippen LogP contribution < -0.4 is 0 Å². The molecule has 2 rings (SSSR count). The van der Waals surface area contributed by atoms with Crippen molar-refractivity contribution in [2.45, 2.75) is 40.5 Å². The highest BCUT2D eigenvalue weighted by Crippen LogP contribution is 2.27. The molecule has 0 unspecified atom stereocenters. The lowest BCUT2D eigenvalue weighted by Crippen LogP contribution is -2.33. The fourth-order valence-corrected chi connectivity index (χ4v) is 2.14. The lowest BCUT2D eigenvalue weighted by atomic mass is 9.69. The zero-order valence-corrected chi connectivity index (χ0v) is 12.1. The van der Waals surface area contributed by atoms with Crippen LogP contribution in [-0.2, 0) is 4.65 Å². The average Bonchev–Trinajstić information content (AvgIpc) is 2.82. The first kappa shape index (κ1) is 16.7. The van der Waals surface area contributed by atoms with Crippen LogP contribution in [0, 0.1) is 5.92 Å². The van der Waals surface area contributed by atoms with Crippen molar-refractivity contribution in [2.24, 2.45) is 5.92 Å². The van der Waals surface area contributed by atoms with Crippen LogP contribution in [0.4, 0.5) is 0 Å². The second-order valence-electron chi connectivity index (χ2n) is 3.97. The molecule has 0 atom stereocenters. The molecule has 17 heavy (non-hydrogen) atoms. The van der Waals surface area contributed by atoms with Crippen molar-refractivity contribution in [3.63, 3.8) is 0 Å². The lowest BCUT2D eigenvalue weighted by Gasteiger charge is -2.29. The third kappa shape index (κ3) is 5.24. The van der Waals surface area contributed by atoms with E-state index in [2.05, 4.69) is 11.9 Å². The van der Waals surface area contributed by atoms with Crippen molar-refractivity contribution in [1.29, 1.82) is 0 Å². The molecule has 0 aliphatic carbocycles. The molecular weight excluding hydrogens is 213 g/mol. The Hall–Kier alpha value is -0.315. The summed E-state index contributed by atoms with van der Waals surface area (Å²) in [4.78, 5) is 2.33. The molecule has 1 fully saturated rings. The summed E-state index contributed by atoms with van der Waals surface area (Å²) < 4.78 is 5.09. The van der Waals surface area contributed by atoms with Crippen LogP contribution in [-0.4, -0.2) is 43.8 Å². The van der Waals surface area contributed by atoms with E-state index in [0.29, 0.717) is 12.5 Å². The maximum Gasteiger partial charge on any atom is 0.487 e. The third-order valence-corrected chi connectivity index (χ3v) is 3.05. The number of hydrogen-bond donors (Lipinski definition) is 1. The SMILES string of the molecule is CC.CC.CN1CCC(C2=CCOB2O)CC1. The number of piperidine rings is 1. The van der Waals surface area contributed by atoms with Crippen molar-refractivity contribution in [3.05, 3.63) is 11.5 Å². The Labute approximate surface area is 107 Å². The first-order valence-corrected chi connectivity index (χ1v) is 6.95. The summed E-state index contributed by atoms with van der Waals surface area (Å²) >= 11 is 0. The minimum absolute atomic E-state index is 0.550. The van der Waals surface area contributed by atoms with E-state index < -0.39 is 7.12 Å². The molecule has 2 aliphatic rings. The molecule has 1 N–H and O–H groups in total. The molecule has 1 saturated heterocycles. The Kier molecular flexibility index (Phi) is 9.51. The Bertz CT molecular complexity index is 213. The molecule has 2 heterocycles. The van der Waals surface area contributed by atoms with E-state index in [1.807, 2.05) is 33.8 Å². The van der Waals surface area contributed by atoms with Crippen LogP contribution in [0.2, 0.25) is 0 Å². The highest BCUT2D eigenvalue weighted by Gasteiger charge is 2.32. The van der Waals surface area contributed by atoms with Gasteiger partial charge in [-0.25, -0.2) is 0 Å². The number of rotatable bonds is 1. The van der Waals surface area contributed by atoms with Crippen LogP contribution in [0.5, 0.6) is 0 Å². The van der Waals surface area contributed by atoms with Gasteiger partial charge in [-0.15, -0.1) is 0 Å². The third-order valence-electron chi connectivity index (χ3n) is 3.05. The van der Waals surface area contributed by atoms with Gasteiger partial charge in [0.05, 0.1) is 0 Å². The quantitative estimate of drug-likeness (QED) is 0.715. The van der Waals surface area contributed by atoms with E-state index in [-0.39, 0.29) is 0 Å². The molecule has 3 nitrogen and oxygen atoms in total. The topological polar surface area (TPSA) is 32.7 Å². The molecule has 2 aliphatic heterocycles. The van der Waals surface area contributed by atoms with E-state index in [1.165, 1.54) is 0 Å². The highest BCUT2D eigenvalue weighted by molar-refractivity contribution is 6.53. The van der Waals surface area contributed by atoms with E-state index in [1.54, 1.807) is 0 Å². The van der Waals surface area contributed by atoms with E-state index in [9.17, 15) is 5.02 Å². The monoisotopic (exact) mass is 241 g/mol. The Morgan fingerprint density at radius 3 is 2.18 bits per heavy atom. The Balaban J connectivity index is 0.000000581. The molecule has 0 aromatic carbocycles. The minimum atomic E-state index is -0.617. The lowest BCUT2D eigenvalue weighted by molar-refractivity contribution is 0.237. The van der Waals surface area contributed by atoms with E-state index in [0.717, 1.165) is 31.4 Å². The van der Waals surface area contributed by atoms with Gasteiger partial charge < -0.3 is 14.6 Å². The molecule has 0 radical (unpaired) electrons. The second-order valence-corrected chi connectivity index (χ2v) is 3.97. The zero-order chi connectivity index (χ0) is 13.3. The summed E-state index contributed by atoms with van der Waals surface area (Å²) in [5.74, 6) is 0.550. The molecule has 4 heteroatoms. The van der Waals surface area contributed by atoms with Gasteiger partial charge in [0, 0.05) is 6.61 Å². The summed E-state index contributed by atoms with van der Waals surface area (Å²) in [6.45, 7) is 10.9. The summed E-state index contributed by atoms with van der Waals surface area (Å²) in [5, 5.41) is 9.50. The average molecular weight is 241 g/mol. The summed E-state index contributed by atoms with van der Waals surface area (Å²) in [7, 11) is 1.53. The van der Waals surface area contributed by atoms with Crippen LogP contribution >= 0.6 is 0 Å². The van der Waals surface area contributed by atoms with Gasteiger partial charge in [0.2, 0.25) is 0 Å². The van der Waals surface area contributed by atoms with E-state index >= 15 is 0 Å². The predicted octanol–water partition coefficient (Wildman–Crippen LogP) is 2.36. The largest absolute Gasteiger partial charge is 0.487 e. The van der Waals surface area contributed by atoms with Gasteiger partial charge in [0.15, 0.2) is 0 Å². The van der Waals surface area contributed by atoms with Crippen molar-refractivity contribution in [3.8, 4) is 0 Å². The highest BCUT2D eigenvalue weighted by atomic mass is 16.5. The standard InChI is InChI=1S/C9H16BNO2.2C2H6/c1-11-5-2-8(3-6-11)9-4-7-13-10(9)12;2*1-2/h4,8,12H,2-3,5-7H2,1H3;2*1-2H3. The van der Waals surface area contributed by atoms with Crippen LogP contribution in [0.3, 0.4) is 0 Å². The van der Waals surface area contributed by atoms with Gasteiger partial charge >= 0.3 is 7.12 Å². The first-order valence-electron chi connectivity index (χ1n) is 6.95. The zero-order valence-electron chi connectivity index (χ0n) is 12.1. The summed E-state index contributed by atoms with van der Waals surface area (Å²) in [5.41, 5.74) is 1.12. The Morgan fingerprint density at radius 2 is 1.76 bits per heavy atom. The van der Waals surface area contributed by atoms with Gasteiger partial charge in [0.1, 0.15) is 0 Å². The van der Waals surface area contributed by atoms with Crippen molar-refractivity contribution in [1.82, 2.24) is 4.90 Å². The molecule has 100 valence electrons. The van der Waals surface area contributed by atoms with E-state index in [4.69, 9.17) is 4.65 Å². The van der Waals surface area contributed by atoms with Crippen LogP contribution in [0.1, 0.15) is 40.5 Å². The molecule has 0 aromatic heterocycles. The molecule has 0 bridgehead atoms. The van der Waals surface area contributed by atoms with Crippen molar-refractivity contribution < 1.29 is 9.68 Å². The van der Waals surface area contributed by atoms with Crippen molar-refractivity contribution in [2.75, 3.05) is 26.7 Å². The van der Waals surface area contributed by atoms with Crippen LogP contribution in [0.25, 0.3) is 0 Å². The maximum absolute atomic E-state index is 9.50. The fourth-order valence-electron chi connectivity index (χ4n) is 2.14. The molecule has 0 saturated carbocycles. The van der Waals surface area contributed by atoms with Crippen LogP contribution in [0.15, 0.2) is 11.5 Å². The number of allylic oxidation sites excluding steroid dienone is 1. The fraction of sp³-hybridized carbons (Fsp3) is 0.846. The number of nitrogens with zero attached hydrogens (tertiary/aromatic N) is 1. The predicted molar refractivity (Wildman–Crippen MR) is 74.9 cm³/mol. The molecule has 0 amide bonds. The summed E-state index contributed by atoms with van der Waals surface area (Å²) in [6, 6.07) is 0.